The SMILES string of the molecule is Cl.NC[C@H]1CC[C@@H](C(=O)NC2CCN(C(=O)CCc3ccccc3)CC2)O1. The summed E-state index contributed by atoms with van der Waals surface area (Å²) in [5.41, 5.74) is 6.78. The van der Waals surface area contributed by atoms with Gasteiger partial charge >= 0.3 is 0 Å². The number of aryl methyl sites for hydroxylation is 1. The number of carbonyl (C=O) groups excluding carboxylic acids is 2. The Kier molecular flexibility index (Phi) is 8.54. The van der Waals surface area contributed by atoms with Gasteiger partial charge in [0.1, 0.15) is 6.10 Å². The van der Waals surface area contributed by atoms with Crippen molar-refractivity contribution < 1.29 is 14.3 Å². The number of ether oxygens (including phenoxy) is 1. The van der Waals surface area contributed by atoms with Gasteiger partial charge in [0.25, 0.3) is 0 Å². The maximum absolute atomic E-state index is 12.4. The first-order valence-electron chi connectivity index (χ1n) is 9.63. The van der Waals surface area contributed by atoms with Crippen LogP contribution in [0.15, 0.2) is 30.3 Å². The number of piperidine rings is 1. The molecule has 0 aliphatic carbocycles. The lowest BCUT2D eigenvalue weighted by Gasteiger charge is -2.33. The van der Waals surface area contributed by atoms with Gasteiger partial charge in [-0.1, -0.05) is 30.3 Å². The lowest BCUT2D eigenvalue weighted by Crippen LogP contribution is -2.49. The standard InChI is InChI=1S/C20H29N3O3.ClH/c21-14-17-7-8-18(26-17)20(25)22-16-10-12-23(13-11-16)19(24)9-6-15-4-2-1-3-5-15;/h1-5,16-18H,6-14,21H2,(H,22,25);1H/t17-,18+;/m1./s1. The van der Waals surface area contributed by atoms with Crippen LogP contribution < -0.4 is 11.1 Å². The van der Waals surface area contributed by atoms with Crippen molar-refractivity contribution in [2.24, 2.45) is 5.73 Å². The number of hydrogen-bond acceptors (Lipinski definition) is 4. The first-order valence-corrected chi connectivity index (χ1v) is 9.63. The predicted molar refractivity (Wildman–Crippen MR) is 107 cm³/mol. The predicted octanol–water partition coefficient (Wildman–Crippen LogP) is 1.65. The molecule has 0 spiro atoms. The Morgan fingerprint density at radius 2 is 1.81 bits per heavy atom. The van der Waals surface area contributed by atoms with Crippen LogP contribution in [0.4, 0.5) is 0 Å². The summed E-state index contributed by atoms with van der Waals surface area (Å²) in [6.45, 7) is 1.87. The lowest BCUT2D eigenvalue weighted by atomic mass is 10.0. The molecule has 2 aliphatic rings. The average molecular weight is 396 g/mol. The highest BCUT2D eigenvalue weighted by Gasteiger charge is 2.32. The fourth-order valence-electron chi connectivity index (χ4n) is 3.69. The first kappa shape index (κ1) is 21.7. The van der Waals surface area contributed by atoms with Gasteiger partial charge in [-0.25, -0.2) is 0 Å². The van der Waals surface area contributed by atoms with Crippen LogP contribution in [0.25, 0.3) is 0 Å². The molecule has 0 radical (unpaired) electrons. The van der Waals surface area contributed by atoms with E-state index < -0.39 is 0 Å². The fraction of sp³-hybridized carbons (Fsp3) is 0.600. The van der Waals surface area contributed by atoms with Gasteiger partial charge in [-0.05, 0) is 37.7 Å². The Labute approximate surface area is 167 Å². The summed E-state index contributed by atoms with van der Waals surface area (Å²) in [4.78, 5) is 26.6. The van der Waals surface area contributed by atoms with Crippen molar-refractivity contribution in [2.45, 2.75) is 56.8 Å². The van der Waals surface area contributed by atoms with Crippen molar-refractivity contribution in [1.82, 2.24) is 10.2 Å². The van der Waals surface area contributed by atoms with E-state index in [0.29, 0.717) is 26.1 Å². The molecule has 2 fully saturated rings. The quantitative estimate of drug-likeness (QED) is 0.767. The number of amides is 2. The molecule has 0 aromatic heterocycles. The molecule has 3 rings (SSSR count). The van der Waals surface area contributed by atoms with Crippen molar-refractivity contribution in [3.05, 3.63) is 35.9 Å². The molecule has 2 amide bonds. The van der Waals surface area contributed by atoms with Crippen LogP contribution in [0.1, 0.15) is 37.7 Å². The van der Waals surface area contributed by atoms with Crippen molar-refractivity contribution in [1.29, 1.82) is 0 Å². The van der Waals surface area contributed by atoms with Gasteiger partial charge in [0.15, 0.2) is 0 Å². The molecule has 6 nitrogen and oxygen atoms in total. The second kappa shape index (κ2) is 10.6. The van der Waals surface area contributed by atoms with E-state index in [1.807, 2.05) is 23.1 Å². The van der Waals surface area contributed by atoms with Gasteiger partial charge < -0.3 is 20.7 Å². The third kappa shape index (κ3) is 6.19. The molecule has 3 N–H and O–H groups in total. The number of hydrogen-bond donors (Lipinski definition) is 2. The van der Waals surface area contributed by atoms with Crippen molar-refractivity contribution in [3.63, 3.8) is 0 Å². The second-order valence-corrected chi connectivity index (χ2v) is 7.21. The number of benzene rings is 1. The number of rotatable bonds is 6. The number of carbonyl (C=O) groups is 2. The number of nitrogens with zero attached hydrogens (tertiary/aromatic N) is 1. The van der Waals surface area contributed by atoms with Gasteiger partial charge in [-0.3, -0.25) is 9.59 Å². The molecule has 2 heterocycles. The summed E-state index contributed by atoms with van der Waals surface area (Å²) in [5.74, 6) is 0.165. The minimum absolute atomic E-state index is 0. The van der Waals surface area contributed by atoms with Gasteiger partial charge in [0.2, 0.25) is 11.8 Å². The van der Waals surface area contributed by atoms with Crippen LogP contribution in [0.2, 0.25) is 0 Å². The van der Waals surface area contributed by atoms with E-state index in [1.165, 1.54) is 5.56 Å². The summed E-state index contributed by atoms with van der Waals surface area (Å²) in [6, 6.07) is 10.2. The lowest BCUT2D eigenvalue weighted by molar-refractivity contribution is -0.134. The van der Waals surface area contributed by atoms with Crippen LogP contribution in [0.5, 0.6) is 0 Å². The van der Waals surface area contributed by atoms with Crippen molar-refractivity contribution in [2.75, 3.05) is 19.6 Å². The molecular formula is C20H30ClN3O3. The third-order valence-corrected chi connectivity index (χ3v) is 5.33. The zero-order valence-electron chi connectivity index (χ0n) is 15.6. The van der Waals surface area contributed by atoms with E-state index in [0.717, 1.165) is 32.1 Å². The molecule has 2 atom stereocenters. The second-order valence-electron chi connectivity index (χ2n) is 7.21. The van der Waals surface area contributed by atoms with Crippen molar-refractivity contribution in [3.8, 4) is 0 Å². The maximum Gasteiger partial charge on any atom is 0.249 e. The Hall–Kier alpha value is -1.63. The van der Waals surface area contributed by atoms with Gasteiger partial charge in [-0.2, -0.15) is 0 Å². The van der Waals surface area contributed by atoms with Gasteiger partial charge in [0.05, 0.1) is 6.10 Å². The van der Waals surface area contributed by atoms with E-state index in [2.05, 4.69) is 17.4 Å². The van der Waals surface area contributed by atoms with Crippen LogP contribution in [0.3, 0.4) is 0 Å². The monoisotopic (exact) mass is 395 g/mol. The van der Waals surface area contributed by atoms with Crippen LogP contribution >= 0.6 is 12.4 Å². The molecule has 27 heavy (non-hydrogen) atoms. The average Bonchev–Trinajstić information content (AvgIpc) is 3.17. The highest BCUT2D eigenvalue weighted by Crippen LogP contribution is 2.20. The first-order chi connectivity index (χ1) is 12.7. The molecule has 2 saturated heterocycles. The Morgan fingerprint density at radius 1 is 1.11 bits per heavy atom. The Bertz CT molecular complexity index is 606. The van der Waals surface area contributed by atoms with Crippen LogP contribution in [-0.2, 0) is 20.7 Å². The number of nitrogens with one attached hydrogen (secondary N) is 1. The van der Waals surface area contributed by atoms with Crippen LogP contribution in [-0.4, -0.2) is 54.6 Å². The molecule has 7 heteroatoms. The molecular weight excluding hydrogens is 366 g/mol. The minimum atomic E-state index is -0.367. The zero-order chi connectivity index (χ0) is 18.4. The number of nitrogens with two attached hydrogens (primary N) is 1. The topological polar surface area (TPSA) is 84.7 Å². The zero-order valence-corrected chi connectivity index (χ0v) is 16.5. The van der Waals surface area contributed by atoms with E-state index in [4.69, 9.17) is 10.5 Å². The fourth-order valence-corrected chi connectivity index (χ4v) is 3.69. The highest BCUT2D eigenvalue weighted by atomic mass is 35.5. The van der Waals surface area contributed by atoms with Crippen LogP contribution in [0, 0.1) is 0 Å². The maximum atomic E-state index is 12.4. The third-order valence-electron chi connectivity index (χ3n) is 5.33. The highest BCUT2D eigenvalue weighted by molar-refractivity contribution is 5.85. The van der Waals surface area contributed by atoms with Crippen molar-refractivity contribution >= 4 is 24.2 Å². The molecule has 0 unspecified atom stereocenters. The molecule has 1 aromatic rings. The van der Waals surface area contributed by atoms with E-state index in [-0.39, 0.29) is 42.5 Å². The molecule has 0 bridgehead atoms. The summed E-state index contributed by atoms with van der Waals surface area (Å²) in [5, 5.41) is 3.08. The normalized spacial score (nSPS) is 22.9. The number of likely N-dealkylation sites (tertiary alicyclic amines) is 1. The molecule has 0 saturated carbocycles. The minimum Gasteiger partial charge on any atom is -0.364 e. The summed E-state index contributed by atoms with van der Waals surface area (Å²) >= 11 is 0. The van der Waals surface area contributed by atoms with Gasteiger partial charge in [-0.15, -0.1) is 12.4 Å². The van der Waals surface area contributed by atoms with E-state index >= 15 is 0 Å². The molecule has 1 aromatic carbocycles. The molecule has 2 aliphatic heterocycles. The Balaban J connectivity index is 0.00000261. The summed E-state index contributed by atoms with van der Waals surface area (Å²) in [7, 11) is 0. The smallest absolute Gasteiger partial charge is 0.249 e. The largest absolute Gasteiger partial charge is 0.364 e. The summed E-state index contributed by atoms with van der Waals surface area (Å²) in [6.07, 6.45) is 4.15. The van der Waals surface area contributed by atoms with E-state index in [1.54, 1.807) is 0 Å². The summed E-state index contributed by atoms with van der Waals surface area (Å²) < 4.78 is 5.65. The van der Waals surface area contributed by atoms with E-state index in [9.17, 15) is 9.59 Å². The molecule has 150 valence electrons. The number of halogens is 1. The Morgan fingerprint density at radius 3 is 2.44 bits per heavy atom. The van der Waals surface area contributed by atoms with Gasteiger partial charge in [0, 0.05) is 32.1 Å².